The number of anilines is 1. The van der Waals surface area contributed by atoms with E-state index in [2.05, 4.69) is 10.6 Å². The Balaban J connectivity index is 1.91. The van der Waals surface area contributed by atoms with Crippen LogP contribution in [0.1, 0.15) is 36.5 Å². The molecule has 1 fully saturated rings. The third-order valence-electron chi connectivity index (χ3n) is 3.66. The summed E-state index contributed by atoms with van der Waals surface area (Å²) in [4.78, 5) is 23.2. The van der Waals surface area contributed by atoms with Gasteiger partial charge in [0.1, 0.15) is 0 Å². The van der Waals surface area contributed by atoms with E-state index in [1.807, 2.05) is 0 Å². The van der Waals surface area contributed by atoms with E-state index in [0.717, 1.165) is 19.3 Å². The molecule has 0 spiro atoms. The van der Waals surface area contributed by atoms with Gasteiger partial charge >= 0.3 is 6.03 Å². The molecule has 1 aromatic rings. The van der Waals surface area contributed by atoms with Crippen molar-refractivity contribution in [1.29, 1.82) is 0 Å². The SMILES string of the molecule is CO[C@@H]1CC[C@@H](NC(=O)Nc2ccc(C(C)=O)c(Cl)c2)C1. The molecule has 0 bridgehead atoms. The third-order valence-corrected chi connectivity index (χ3v) is 3.97. The van der Waals surface area contributed by atoms with E-state index in [1.165, 1.54) is 6.92 Å². The summed E-state index contributed by atoms with van der Waals surface area (Å²) in [6.07, 6.45) is 2.92. The van der Waals surface area contributed by atoms with Crippen molar-refractivity contribution in [2.75, 3.05) is 12.4 Å². The number of methoxy groups -OCH3 is 1. The number of Topliss-reactive ketones (excluding diaryl/α,β-unsaturated/α-hetero) is 1. The Hall–Kier alpha value is -1.59. The first-order chi connectivity index (χ1) is 9.99. The van der Waals surface area contributed by atoms with Crippen molar-refractivity contribution in [2.45, 2.75) is 38.3 Å². The predicted octanol–water partition coefficient (Wildman–Crippen LogP) is 3.23. The van der Waals surface area contributed by atoms with Crippen molar-refractivity contribution in [3.63, 3.8) is 0 Å². The number of rotatable bonds is 4. The van der Waals surface area contributed by atoms with Gasteiger partial charge in [-0.15, -0.1) is 0 Å². The van der Waals surface area contributed by atoms with Crippen LogP contribution < -0.4 is 10.6 Å². The van der Waals surface area contributed by atoms with Crippen molar-refractivity contribution in [1.82, 2.24) is 5.32 Å². The molecule has 1 aromatic carbocycles. The molecule has 0 heterocycles. The number of ether oxygens (including phenoxy) is 1. The van der Waals surface area contributed by atoms with Crippen LogP contribution in [0.2, 0.25) is 5.02 Å². The van der Waals surface area contributed by atoms with Crippen LogP contribution in [0, 0.1) is 0 Å². The maximum absolute atomic E-state index is 11.9. The average molecular weight is 311 g/mol. The minimum absolute atomic E-state index is 0.104. The molecule has 0 unspecified atom stereocenters. The van der Waals surface area contributed by atoms with Crippen molar-refractivity contribution in [3.8, 4) is 0 Å². The highest BCUT2D eigenvalue weighted by molar-refractivity contribution is 6.34. The number of carbonyl (C=O) groups excluding carboxylic acids is 2. The van der Waals surface area contributed by atoms with Gasteiger partial charge in [0.05, 0.1) is 11.1 Å². The lowest BCUT2D eigenvalue weighted by Crippen LogP contribution is -2.36. The molecule has 1 saturated carbocycles. The molecule has 5 nitrogen and oxygen atoms in total. The van der Waals surface area contributed by atoms with Crippen LogP contribution in [0.25, 0.3) is 0 Å². The van der Waals surface area contributed by atoms with E-state index in [9.17, 15) is 9.59 Å². The van der Waals surface area contributed by atoms with Gasteiger partial charge < -0.3 is 15.4 Å². The Morgan fingerprint density at radius 3 is 2.67 bits per heavy atom. The van der Waals surface area contributed by atoms with E-state index in [0.29, 0.717) is 16.3 Å². The zero-order valence-electron chi connectivity index (χ0n) is 12.1. The van der Waals surface area contributed by atoms with E-state index >= 15 is 0 Å². The first kappa shape index (κ1) is 15.8. The monoisotopic (exact) mass is 310 g/mol. The molecule has 1 aliphatic carbocycles. The van der Waals surface area contributed by atoms with Crippen LogP contribution in [0.3, 0.4) is 0 Å². The molecule has 21 heavy (non-hydrogen) atoms. The van der Waals surface area contributed by atoms with Crippen LogP contribution in [-0.4, -0.2) is 31.1 Å². The molecule has 2 amide bonds. The van der Waals surface area contributed by atoms with Gasteiger partial charge in [0, 0.05) is 24.4 Å². The van der Waals surface area contributed by atoms with Gasteiger partial charge in [-0.25, -0.2) is 4.79 Å². The van der Waals surface area contributed by atoms with Crippen LogP contribution in [0.15, 0.2) is 18.2 Å². The smallest absolute Gasteiger partial charge is 0.319 e. The summed E-state index contributed by atoms with van der Waals surface area (Å²) in [6, 6.07) is 4.70. The maximum atomic E-state index is 11.9. The number of hydrogen-bond acceptors (Lipinski definition) is 3. The predicted molar refractivity (Wildman–Crippen MR) is 82.0 cm³/mol. The quantitative estimate of drug-likeness (QED) is 0.839. The molecule has 2 rings (SSSR count). The summed E-state index contributed by atoms with van der Waals surface area (Å²) in [6.45, 7) is 1.45. The molecule has 114 valence electrons. The highest BCUT2D eigenvalue weighted by atomic mass is 35.5. The summed E-state index contributed by atoms with van der Waals surface area (Å²) >= 11 is 6.01. The Morgan fingerprint density at radius 1 is 1.33 bits per heavy atom. The van der Waals surface area contributed by atoms with E-state index in [4.69, 9.17) is 16.3 Å². The second-order valence-corrected chi connectivity index (χ2v) is 5.62. The van der Waals surface area contributed by atoms with Crippen molar-refractivity contribution in [2.24, 2.45) is 0 Å². The number of hydrogen-bond donors (Lipinski definition) is 2. The fraction of sp³-hybridized carbons (Fsp3) is 0.467. The molecular formula is C15H19ClN2O3. The zero-order chi connectivity index (χ0) is 15.4. The number of urea groups is 1. The summed E-state index contributed by atoms with van der Waals surface area (Å²) in [5.74, 6) is -0.104. The van der Waals surface area contributed by atoms with Crippen LogP contribution in [-0.2, 0) is 4.74 Å². The van der Waals surface area contributed by atoms with E-state index in [1.54, 1.807) is 25.3 Å². The highest BCUT2D eigenvalue weighted by Gasteiger charge is 2.25. The van der Waals surface area contributed by atoms with Gasteiger partial charge in [-0.2, -0.15) is 0 Å². The second-order valence-electron chi connectivity index (χ2n) is 5.22. The maximum Gasteiger partial charge on any atom is 0.319 e. The van der Waals surface area contributed by atoms with Gasteiger partial charge in [-0.05, 0) is 44.4 Å². The minimum atomic E-state index is -0.275. The van der Waals surface area contributed by atoms with Gasteiger partial charge in [0.2, 0.25) is 0 Å². The first-order valence-electron chi connectivity index (χ1n) is 6.90. The molecule has 0 aromatic heterocycles. The third kappa shape index (κ3) is 4.19. The molecular weight excluding hydrogens is 292 g/mol. The normalized spacial score (nSPS) is 21.1. The van der Waals surface area contributed by atoms with Crippen molar-refractivity contribution < 1.29 is 14.3 Å². The number of nitrogens with one attached hydrogen (secondary N) is 2. The van der Waals surface area contributed by atoms with Crippen LogP contribution >= 0.6 is 11.6 Å². The molecule has 0 aliphatic heterocycles. The largest absolute Gasteiger partial charge is 0.381 e. The summed E-state index contributed by atoms with van der Waals surface area (Å²) in [5, 5.41) is 5.96. The lowest BCUT2D eigenvalue weighted by Gasteiger charge is -2.14. The first-order valence-corrected chi connectivity index (χ1v) is 7.28. The molecule has 2 atom stereocenters. The fourth-order valence-electron chi connectivity index (χ4n) is 2.52. The standard InChI is InChI=1S/C15H19ClN2O3/c1-9(19)13-6-4-11(8-14(13)16)18-15(20)17-10-3-5-12(7-10)21-2/h4,6,8,10,12H,3,5,7H2,1-2H3,(H2,17,18,20)/t10-,12-/m1/s1. The number of ketones is 1. The molecule has 2 N–H and O–H groups in total. The number of amides is 2. The molecule has 1 aliphatic rings. The summed E-state index contributed by atoms with van der Waals surface area (Å²) in [5.41, 5.74) is 1.00. The minimum Gasteiger partial charge on any atom is -0.381 e. The Bertz CT molecular complexity index is 548. The van der Waals surface area contributed by atoms with Gasteiger partial charge in [-0.3, -0.25) is 4.79 Å². The molecule has 6 heteroatoms. The summed E-state index contributed by atoms with van der Waals surface area (Å²) in [7, 11) is 1.69. The van der Waals surface area contributed by atoms with Crippen LogP contribution in [0.5, 0.6) is 0 Å². The lowest BCUT2D eigenvalue weighted by atomic mass is 10.1. The fourth-order valence-corrected chi connectivity index (χ4v) is 2.83. The Labute approximate surface area is 129 Å². The van der Waals surface area contributed by atoms with Crippen molar-refractivity contribution in [3.05, 3.63) is 28.8 Å². The van der Waals surface area contributed by atoms with Crippen LogP contribution in [0.4, 0.5) is 10.5 Å². The average Bonchev–Trinajstić information content (AvgIpc) is 2.85. The number of halogens is 1. The summed E-state index contributed by atoms with van der Waals surface area (Å²) < 4.78 is 5.27. The van der Waals surface area contributed by atoms with Crippen molar-refractivity contribution >= 4 is 29.1 Å². The second kappa shape index (κ2) is 6.91. The number of benzene rings is 1. The molecule has 0 saturated heterocycles. The zero-order valence-corrected chi connectivity index (χ0v) is 12.9. The molecule has 0 radical (unpaired) electrons. The van der Waals surface area contributed by atoms with Gasteiger partial charge in [0.25, 0.3) is 0 Å². The Morgan fingerprint density at radius 2 is 2.10 bits per heavy atom. The van der Waals surface area contributed by atoms with Gasteiger partial charge in [0.15, 0.2) is 5.78 Å². The van der Waals surface area contributed by atoms with Gasteiger partial charge in [-0.1, -0.05) is 11.6 Å². The van der Waals surface area contributed by atoms with E-state index in [-0.39, 0.29) is 24.0 Å². The lowest BCUT2D eigenvalue weighted by molar-refractivity contribution is 0.101. The topological polar surface area (TPSA) is 67.4 Å². The highest BCUT2D eigenvalue weighted by Crippen LogP contribution is 2.23. The number of carbonyl (C=O) groups is 2. The van der Waals surface area contributed by atoms with E-state index < -0.39 is 0 Å². The Kier molecular flexibility index (Phi) is 5.20.